The molecule has 0 radical (unpaired) electrons. The molecule has 1 aromatic carbocycles. The van der Waals surface area contributed by atoms with Crippen molar-refractivity contribution in [2.45, 2.75) is 43.1 Å². The molecule has 0 saturated carbocycles. The highest BCUT2D eigenvalue weighted by Crippen LogP contribution is 2.29. The number of nitrogens with one attached hydrogen (secondary N) is 1. The SMILES string of the molecule is NC1(Cc2ccc(C#CCNC(=O)C(F)(F)F)cc2)N=CN=C2C1=NCN2[C@H]1C[C@H](O)[C@@H](CO)O1. The third-order valence-electron chi connectivity index (χ3n) is 5.73. The van der Waals surface area contributed by atoms with Crippen molar-refractivity contribution >= 4 is 23.8 Å². The molecule has 35 heavy (non-hydrogen) atoms. The fraction of sp³-hybridized carbons (Fsp3) is 0.455. The summed E-state index contributed by atoms with van der Waals surface area (Å²) >= 11 is 0. The molecule has 10 nitrogen and oxygen atoms in total. The van der Waals surface area contributed by atoms with Gasteiger partial charge in [-0.15, -0.1) is 0 Å². The Hall–Kier alpha value is -3.31. The molecule has 0 bridgehead atoms. The van der Waals surface area contributed by atoms with Gasteiger partial charge in [-0.25, -0.2) is 9.98 Å². The van der Waals surface area contributed by atoms with Crippen LogP contribution in [0.3, 0.4) is 0 Å². The molecule has 1 fully saturated rings. The van der Waals surface area contributed by atoms with E-state index < -0.39 is 42.7 Å². The number of carbonyl (C=O) groups is 1. The van der Waals surface area contributed by atoms with Crippen molar-refractivity contribution in [3.8, 4) is 11.8 Å². The topological polar surface area (TPSA) is 145 Å². The lowest BCUT2D eigenvalue weighted by atomic mass is 9.94. The van der Waals surface area contributed by atoms with E-state index in [4.69, 9.17) is 10.5 Å². The van der Waals surface area contributed by atoms with Crippen LogP contribution in [0.1, 0.15) is 17.5 Å². The molecular weight excluding hydrogens is 469 g/mol. The summed E-state index contributed by atoms with van der Waals surface area (Å²) in [4.78, 5) is 25.7. The van der Waals surface area contributed by atoms with Crippen LogP contribution < -0.4 is 11.1 Å². The standard InChI is InChI=1S/C22H23F3N6O4/c23-22(24,25)20(34)27-7-1-2-13-3-5-14(6-4-13)9-21(26)18-19(28-11-30-21)31(12-29-18)17-8-15(33)16(10-32)35-17/h3-6,11,15-17,32-33H,7-10,12,26H2,(H,27,34)/t15-,16+,17+,21?/m0/s1. The molecule has 186 valence electrons. The van der Waals surface area contributed by atoms with Crippen LogP contribution in [0, 0.1) is 11.8 Å². The third kappa shape index (κ3) is 5.35. The summed E-state index contributed by atoms with van der Waals surface area (Å²) in [5, 5.41) is 21.1. The van der Waals surface area contributed by atoms with Crippen molar-refractivity contribution < 1.29 is 32.9 Å². The number of amides is 1. The smallest absolute Gasteiger partial charge is 0.394 e. The molecular formula is C22H23F3N6O4. The van der Waals surface area contributed by atoms with Gasteiger partial charge in [0.2, 0.25) is 0 Å². The lowest BCUT2D eigenvalue weighted by molar-refractivity contribution is -0.173. The molecule has 4 atom stereocenters. The van der Waals surface area contributed by atoms with Crippen molar-refractivity contribution in [2.24, 2.45) is 20.7 Å². The maximum absolute atomic E-state index is 12.2. The van der Waals surface area contributed by atoms with Crippen LogP contribution in [0.2, 0.25) is 0 Å². The van der Waals surface area contributed by atoms with E-state index in [9.17, 15) is 28.2 Å². The Morgan fingerprint density at radius 2 is 2.09 bits per heavy atom. The molecule has 1 unspecified atom stereocenters. The number of benzene rings is 1. The van der Waals surface area contributed by atoms with Crippen molar-refractivity contribution in [3.05, 3.63) is 35.4 Å². The van der Waals surface area contributed by atoms with Gasteiger partial charge < -0.3 is 30.9 Å². The first-order valence-corrected chi connectivity index (χ1v) is 10.7. The van der Waals surface area contributed by atoms with E-state index in [1.807, 2.05) is 0 Å². The van der Waals surface area contributed by atoms with Gasteiger partial charge in [0.25, 0.3) is 0 Å². The van der Waals surface area contributed by atoms with Crippen LogP contribution in [0.25, 0.3) is 0 Å². The summed E-state index contributed by atoms with van der Waals surface area (Å²) in [5.74, 6) is 3.62. The fourth-order valence-corrected chi connectivity index (χ4v) is 3.95. The van der Waals surface area contributed by atoms with E-state index in [-0.39, 0.29) is 19.7 Å². The van der Waals surface area contributed by atoms with Crippen molar-refractivity contribution in [2.75, 3.05) is 19.8 Å². The number of alkyl halides is 3. The fourth-order valence-electron chi connectivity index (χ4n) is 3.95. The first-order valence-electron chi connectivity index (χ1n) is 10.7. The predicted octanol–water partition coefficient (Wildman–Crippen LogP) is -0.463. The zero-order chi connectivity index (χ0) is 25.2. The minimum Gasteiger partial charge on any atom is -0.394 e. The number of aliphatic imine (C=N–C) groups is 3. The van der Waals surface area contributed by atoms with Crippen LogP contribution in [-0.2, 0) is 16.0 Å². The zero-order valence-corrected chi connectivity index (χ0v) is 18.4. The number of halogens is 3. The van der Waals surface area contributed by atoms with E-state index in [2.05, 4.69) is 26.8 Å². The number of nitrogens with zero attached hydrogens (tertiary/aromatic N) is 4. The Balaban J connectivity index is 1.38. The van der Waals surface area contributed by atoms with Crippen molar-refractivity contribution in [1.29, 1.82) is 0 Å². The number of nitrogens with two attached hydrogens (primary N) is 1. The first kappa shape index (κ1) is 24.8. The number of rotatable bonds is 5. The van der Waals surface area contributed by atoms with Gasteiger partial charge in [-0.3, -0.25) is 9.79 Å². The summed E-state index contributed by atoms with van der Waals surface area (Å²) in [7, 11) is 0. The maximum Gasteiger partial charge on any atom is 0.471 e. The highest BCUT2D eigenvalue weighted by atomic mass is 19.4. The summed E-state index contributed by atoms with van der Waals surface area (Å²) in [5.41, 5.74) is 7.25. The van der Waals surface area contributed by atoms with Gasteiger partial charge in [0.1, 0.15) is 31.1 Å². The molecule has 1 saturated heterocycles. The molecule has 0 aromatic heterocycles. The Morgan fingerprint density at radius 1 is 1.34 bits per heavy atom. The minimum atomic E-state index is -4.94. The van der Waals surface area contributed by atoms with E-state index in [1.165, 1.54) is 6.34 Å². The second-order valence-corrected chi connectivity index (χ2v) is 8.21. The van der Waals surface area contributed by atoms with E-state index in [1.54, 1.807) is 34.5 Å². The average Bonchev–Trinajstić information content (AvgIpc) is 3.41. The Kier molecular flexibility index (Phi) is 6.91. The number of aliphatic hydroxyl groups is 2. The monoisotopic (exact) mass is 492 g/mol. The maximum atomic E-state index is 12.2. The summed E-state index contributed by atoms with van der Waals surface area (Å²) in [6.07, 6.45) is -4.97. The highest BCUT2D eigenvalue weighted by molar-refractivity contribution is 6.47. The van der Waals surface area contributed by atoms with E-state index in [0.717, 1.165) is 5.56 Å². The lowest BCUT2D eigenvalue weighted by Crippen LogP contribution is -2.55. The molecule has 0 spiro atoms. The zero-order valence-electron chi connectivity index (χ0n) is 18.4. The van der Waals surface area contributed by atoms with Gasteiger partial charge in [-0.1, -0.05) is 24.0 Å². The van der Waals surface area contributed by atoms with Crippen molar-refractivity contribution in [3.63, 3.8) is 0 Å². The second-order valence-electron chi connectivity index (χ2n) is 8.21. The quantitative estimate of drug-likeness (QED) is 0.409. The van der Waals surface area contributed by atoms with Crippen LogP contribution in [0.15, 0.2) is 39.2 Å². The molecule has 1 aromatic rings. The number of fused-ring (bicyclic) bond motifs is 1. The van der Waals surface area contributed by atoms with Crippen LogP contribution in [-0.4, -0.2) is 89.0 Å². The lowest BCUT2D eigenvalue weighted by Gasteiger charge is -2.31. The third-order valence-corrected chi connectivity index (χ3v) is 5.73. The summed E-state index contributed by atoms with van der Waals surface area (Å²) in [6.45, 7) is -0.498. The normalized spacial score (nSPS) is 27.6. The van der Waals surface area contributed by atoms with E-state index in [0.29, 0.717) is 23.5 Å². The number of aliphatic hydroxyl groups excluding tert-OH is 2. The summed E-state index contributed by atoms with van der Waals surface area (Å²) in [6, 6.07) is 6.90. The molecule has 3 heterocycles. The first-order chi connectivity index (χ1) is 16.6. The number of ether oxygens (including phenoxy) is 1. The molecule has 5 N–H and O–H groups in total. The van der Waals surface area contributed by atoms with Gasteiger partial charge in [0.15, 0.2) is 11.5 Å². The minimum absolute atomic E-state index is 0.228. The second kappa shape index (κ2) is 9.74. The van der Waals surface area contributed by atoms with Crippen LogP contribution >= 0.6 is 0 Å². The van der Waals surface area contributed by atoms with Gasteiger partial charge in [0, 0.05) is 18.4 Å². The number of carbonyl (C=O) groups excluding carboxylic acids is 1. The summed E-state index contributed by atoms with van der Waals surface area (Å²) < 4.78 is 42.2. The number of hydrogen-bond acceptors (Lipinski definition) is 9. The number of hydrogen-bond donors (Lipinski definition) is 4. The largest absolute Gasteiger partial charge is 0.471 e. The predicted molar refractivity (Wildman–Crippen MR) is 119 cm³/mol. The molecule has 3 aliphatic heterocycles. The molecule has 3 aliphatic rings. The molecule has 0 aliphatic carbocycles. The van der Waals surface area contributed by atoms with Gasteiger partial charge in [-0.05, 0) is 17.7 Å². The molecule has 1 amide bonds. The average molecular weight is 492 g/mol. The van der Waals surface area contributed by atoms with Crippen LogP contribution in [0.4, 0.5) is 13.2 Å². The van der Waals surface area contributed by atoms with Gasteiger partial charge in [-0.2, -0.15) is 13.2 Å². The number of amidine groups is 1. The van der Waals surface area contributed by atoms with Gasteiger partial charge >= 0.3 is 12.1 Å². The molecule has 13 heteroatoms. The highest BCUT2D eigenvalue weighted by Gasteiger charge is 2.46. The Morgan fingerprint density at radius 3 is 2.74 bits per heavy atom. The Bertz CT molecular complexity index is 1120. The van der Waals surface area contributed by atoms with Crippen molar-refractivity contribution in [1.82, 2.24) is 10.2 Å². The van der Waals surface area contributed by atoms with Gasteiger partial charge in [0.05, 0.1) is 19.3 Å². The molecule has 4 rings (SSSR count). The van der Waals surface area contributed by atoms with Crippen LogP contribution in [0.5, 0.6) is 0 Å². The Labute approximate surface area is 198 Å². The van der Waals surface area contributed by atoms with E-state index >= 15 is 0 Å².